The second-order valence-corrected chi connectivity index (χ2v) is 3.87. The summed E-state index contributed by atoms with van der Waals surface area (Å²) in [5.74, 6) is 0.676. The van der Waals surface area contributed by atoms with Gasteiger partial charge in [-0.15, -0.1) is 0 Å². The maximum atomic E-state index is 4.44. The van der Waals surface area contributed by atoms with Crippen LogP contribution in [0.1, 0.15) is 27.7 Å². The van der Waals surface area contributed by atoms with Gasteiger partial charge in [-0.25, -0.2) is 0 Å². The van der Waals surface area contributed by atoms with Gasteiger partial charge in [0, 0.05) is 12.6 Å². The quantitative estimate of drug-likeness (QED) is 0.592. The zero-order valence-electron chi connectivity index (χ0n) is 7.91. The van der Waals surface area contributed by atoms with Crippen LogP contribution >= 0.6 is 0 Å². The number of rotatable bonds is 2. The van der Waals surface area contributed by atoms with Gasteiger partial charge in [0.1, 0.15) is 0 Å². The van der Waals surface area contributed by atoms with Crippen molar-refractivity contribution in [2.75, 3.05) is 6.54 Å². The van der Waals surface area contributed by atoms with Crippen LogP contribution in [-0.4, -0.2) is 29.9 Å². The average Bonchev–Trinajstić information content (AvgIpc) is 2.33. The third kappa shape index (κ3) is 1.95. The Bertz CT molecular complexity index is 134. The molecule has 1 aliphatic heterocycles. The molecule has 2 nitrogen and oxygen atoms in total. The van der Waals surface area contributed by atoms with Crippen LogP contribution < -0.4 is 0 Å². The average molecular weight is 154 g/mol. The van der Waals surface area contributed by atoms with Crippen LogP contribution in [0.25, 0.3) is 0 Å². The molecule has 0 amide bonds. The van der Waals surface area contributed by atoms with Gasteiger partial charge in [-0.1, -0.05) is 13.8 Å². The van der Waals surface area contributed by atoms with Gasteiger partial charge >= 0.3 is 0 Å². The number of nitrogens with zero attached hydrogens (tertiary/aromatic N) is 2. The molecule has 0 saturated heterocycles. The zero-order chi connectivity index (χ0) is 8.43. The molecule has 1 rings (SSSR count). The van der Waals surface area contributed by atoms with Crippen LogP contribution in [0.2, 0.25) is 0 Å². The molecule has 0 aromatic heterocycles. The molecular formula is C9H18N2. The molecule has 64 valence electrons. The summed E-state index contributed by atoms with van der Waals surface area (Å²) in [5, 5.41) is 0. The fourth-order valence-corrected chi connectivity index (χ4v) is 1.21. The van der Waals surface area contributed by atoms with Gasteiger partial charge in [0.2, 0.25) is 0 Å². The van der Waals surface area contributed by atoms with E-state index in [-0.39, 0.29) is 0 Å². The van der Waals surface area contributed by atoms with E-state index in [2.05, 4.69) is 37.6 Å². The minimum atomic E-state index is 0.525. The molecule has 0 fully saturated rings. The molecule has 0 spiro atoms. The van der Waals surface area contributed by atoms with Crippen molar-refractivity contribution in [3.05, 3.63) is 0 Å². The van der Waals surface area contributed by atoms with E-state index in [0.717, 1.165) is 6.54 Å². The normalized spacial score (nSPS) is 24.2. The third-order valence-corrected chi connectivity index (χ3v) is 2.24. The van der Waals surface area contributed by atoms with Crippen molar-refractivity contribution >= 4 is 6.34 Å². The molecule has 1 aliphatic rings. The minimum Gasteiger partial charge on any atom is -0.358 e. The van der Waals surface area contributed by atoms with Gasteiger partial charge in [-0.05, 0) is 19.8 Å². The van der Waals surface area contributed by atoms with Gasteiger partial charge in [0.15, 0.2) is 0 Å². The Morgan fingerprint density at radius 2 is 2.00 bits per heavy atom. The molecule has 0 aliphatic carbocycles. The smallest absolute Gasteiger partial charge is 0.0857 e. The Kier molecular flexibility index (Phi) is 2.53. The molecule has 0 aromatic rings. The molecule has 11 heavy (non-hydrogen) atoms. The molecule has 0 N–H and O–H groups in total. The molecule has 2 heteroatoms. The predicted molar refractivity (Wildman–Crippen MR) is 49.0 cm³/mol. The first-order valence-electron chi connectivity index (χ1n) is 4.40. The van der Waals surface area contributed by atoms with E-state index in [1.165, 1.54) is 0 Å². The first-order chi connectivity index (χ1) is 5.11. The summed E-state index contributed by atoms with van der Waals surface area (Å²) < 4.78 is 0. The maximum absolute atomic E-state index is 4.44. The lowest BCUT2D eigenvalue weighted by Crippen LogP contribution is -2.31. The van der Waals surface area contributed by atoms with Crippen molar-refractivity contribution in [3.8, 4) is 0 Å². The Morgan fingerprint density at radius 1 is 1.36 bits per heavy atom. The summed E-state index contributed by atoms with van der Waals surface area (Å²) in [6, 6.07) is 1.12. The van der Waals surface area contributed by atoms with E-state index in [1.54, 1.807) is 0 Å². The Labute approximate surface area is 69.3 Å². The van der Waals surface area contributed by atoms with Crippen LogP contribution in [0.4, 0.5) is 0 Å². The topological polar surface area (TPSA) is 15.6 Å². The fourth-order valence-electron chi connectivity index (χ4n) is 1.21. The van der Waals surface area contributed by atoms with Crippen LogP contribution in [0.3, 0.4) is 0 Å². The van der Waals surface area contributed by atoms with Crippen molar-refractivity contribution in [1.29, 1.82) is 0 Å². The summed E-state index contributed by atoms with van der Waals surface area (Å²) in [5.41, 5.74) is 0. The third-order valence-electron chi connectivity index (χ3n) is 2.24. The number of hydrogen-bond acceptors (Lipinski definition) is 2. The lowest BCUT2D eigenvalue weighted by atomic mass is 10.1. The van der Waals surface area contributed by atoms with E-state index >= 15 is 0 Å². The predicted octanol–water partition coefficient (Wildman–Crippen LogP) is 1.76. The molecular weight excluding hydrogens is 136 g/mol. The Hall–Kier alpha value is -0.530. The standard InChI is InChI=1S/C9H18N2/c1-7(2)9-5-11(6-10-9)8(3)4/h6-9H,5H2,1-4H3. The summed E-state index contributed by atoms with van der Waals surface area (Å²) in [4.78, 5) is 6.74. The van der Waals surface area contributed by atoms with Gasteiger partial charge in [0.25, 0.3) is 0 Å². The molecule has 1 atom stereocenters. The first kappa shape index (κ1) is 8.57. The molecule has 0 aromatic carbocycles. The van der Waals surface area contributed by atoms with Crippen LogP contribution in [0, 0.1) is 5.92 Å². The number of aliphatic imine (C=N–C) groups is 1. The highest BCUT2D eigenvalue weighted by Gasteiger charge is 2.21. The van der Waals surface area contributed by atoms with Gasteiger partial charge in [0.05, 0.1) is 12.4 Å². The summed E-state index contributed by atoms with van der Waals surface area (Å²) in [6.07, 6.45) is 2.00. The zero-order valence-corrected chi connectivity index (χ0v) is 7.91. The van der Waals surface area contributed by atoms with Crippen molar-refractivity contribution < 1.29 is 0 Å². The second-order valence-electron chi connectivity index (χ2n) is 3.87. The van der Waals surface area contributed by atoms with Crippen LogP contribution in [0.15, 0.2) is 4.99 Å². The van der Waals surface area contributed by atoms with E-state index in [1.807, 2.05) is 6.34 Å². The monoisotopic (exact) mass is 154 g/mol. The fraction of sp³-hybridized carbons (Fsp3) is 0.889. The second kappa shape index (κ2) is 3.24. The largest absolute Gasteiger partial charge is 0.358 e. The van der Waals surface area contributed by atoms with Crippen LogP contribution in [0.5, 0.6) is 0 Å². The summed E-state index contributed by atoms with van der Waals surface area (Å²) in [7, 11) is 0. The van der Waals surface area contributed by atoms with Crippen molar-refractivity contribution in [3.63, 3.8) is 0 Å². The highest BCUT2D eigenvalue weighted by Crippen LogP contribution is 2.14. The van der Waals surface area contributed by atoms with Crippen molar-refractivity contribution in [2.24, 2.45) is 10.9 Å². The maximum Gasteiger partial charge on any atom is 0.0857 e. The van der Waals surface area contributed by atoms with Gasteiger partial charge in [-0.3, -0.25) is 4.99 Å². The van der Waals surface area contributed by atoms with Gasteiger partial charge in [-0.2, -0.15) is 0 Å². The van der Waals surface area contributed by atoms with E-state index in [9.17, 15) is 0 Å². The molecule has 0 radical (unpaired) electrons. The molecule has 1 unspecified atom stereocenters. The van der Waals surface area contributed by atoms with E-state index < -0.39 is 0 Å². The first-order valence-corrected chi connectivity index (χ1v) is 4.40. The molecule has 1 heterocycles. The van der Waals surface area contributed by atoms with Crippen molar-refractivity contribution in [2.45, 2.75) is 39.8 Å². The SMILES string of the molecule is CC(C)C1CN(C(C)C)C=N1. The number of hydrogen-bond donors (Lipinski definition) is 0. The van der Waals surface area contributed by atoms with Gasteiger partial charge < -0.3 is 4.90 Å². The van der Waals surface area contributed by atoms with Crippen molar-refractivity contribution in [1.82, 2.24) is 4.90 Å². The summed E-state index contributed by atoms with van der Waals surface area (Å²) in [6.45, 7) is 9.97. The Morgan fingerprint density at radius 3 is 2.27 bits per heavy atom. The lowest BCUT2D eigenvalue weighted by molar-refractivity contribution is 0.338. The highest BCUT2D eigenvalue weighted by atomic mass is 15.2. The molecule has 0 bridgehead atoms. The summed E-state index contributed by atoms with van der Waals surface area (Å²) >= 11 is 0. The minimum absolute atomic E-state index is 0.525. The van der Waals surface area contributed by atoms with E-state index in [4.69, 9.17) is 0 Å². The molecule has 0 saturated carbocycles. The highest BCUT2D eigenvalue weighted by molar-refractivity contribution is 5.58. The lowest BCUT2D eigenvalue weighted by Gasteiger charge is -2.21. The Balaban J connectivity index is 2.43. The van der Waals surface area contributed by atoms with E-state index in [0.29, 0.717) is 18.0 Å². The van der Waals surface area contributed by atoms with Crippen LogP contribution in [-0.2, 0) is 0 Å².